The van der Waals surface area contributed by atoms with E-state index in [2.05, 4.69) is 22.4 Å². The number of aromatic nitrogens is 1. The van der Waals surface area contributed by atoms with E-state index in [0.29, 0.717) is 6.54 Å². The third-order valence-electron chi connectivity index (χ3n) is 4.07. The van der Waals surface area contributed by atoms with Crippen molar-refractivity contribution in [3.8, 4) is 5.75 Å². The average molecular weight is 308 g/mol. The molecule has 3 rings (SSSR count). The highest BCUT2D eigenvalue weighted by atomic mass is 16.5. The molecule has 0 fully saturated rings. The summed E-state index contributed by atoms with van der Waals surface area (Å²) in [6, 6.07) is 16.2. The number of H-pyrrole nitrogens is 1. The number of fused-ring (bicyclic) bond motifs is 1. The molecule has 0 aliphatic rings. The number of ether oxygens (including phenoxy) is 1. The van der Waals surface area contributed by atoms with Gasteiger partial charge in [0.25, 0.3) is 0 Å². The molecule has 2 N–H and O–H groups in total. The highest BCUT2D eigenvalue weighted by Gasteiger charge is 2.18. The maximum Gasteiger partial charge on any atom is 0.216 e. The quantitative estimate of drug-likeness (QED) is 0.758. The molecule has 118 valence electrons. The summed E-state index contributed by atoms with van der Waals surface area (Å²) in [7, 11) is 1.66. The van der Waals surface area contributed by atoms with Crippen LogP contribution in [0.1, 0.15) is 24.0 Å². The van der Waals surface area contributed by atoms with Crippen molar-refractivity contribution < 1.29 is 9.53 Å². The van der Waals surface area contributed by atoms with Crippen LogP contribution in [0, 0.1) is 0 Å². The monoisotopic (exact) mass is 308 g/mol. The number of nitrogens with one attached hydrogen (secondary N) is 2. The van der Waals surface area contributed by atoms with Gasteiger partial charge in [0.1, 0.15) is 5.75 Å². The van der Waals surface area contributed by atoms with Gasteiger partial charge in [0.15, 0.2) is 0 Å². The molecule has 0 aliphatic heterocycles. The standard InChI is InChI=1S/C19H20N2O2/c1-13(22)20-11-17(14-7-9-15(23-2)10-8-14)18-12-21-19-6-4-3-5-16(18)19/h3-10,12,17,21H,11H2,1-2H3,(H,20,22)/t17-/m1/s1. The fourth-order valence-corrected chi connectivity index (χ4v) is 2.87. The summed E-state index contributed by atoms with van der Waals surface area (Å²) in [4.78, 5) is 14.7. The number of aromatic amines is 1. The van der Waals surface area contributed by atoms with E-state index in [0.717, 1.165) is 16.8 Å². The van der Waals surface area contributed by atoms with Crippen LogP contribution >= 0.6 is 0 Å². The van der Waals surface area contributed by atoms with E-state index in [1.54, 1.807) is 14.0 Å². The van der Waals surface area contributed by atoms with Crippen LogP contribution in [0.4, 0.5) is 0 Å². The molecule has 1 amide bonds. The fraction of sp³-hybridized carbons (Fsp3) is 0.211. The molecule has 0 saturated carbocycles. The second-order valence-corrected chi connectivity index (χ2v) is 5.55. The number of hydrogen-bond acceptors (Lipinski definition) is 2. The minimum Gasteiger partial charge on any atom is -0.497 e. The van der Waals surface area contributed by atoms with Crippen LogP contribution in [-0.2, 0) is 4.79 Å². The molecule has 0 radical (unpaired) electrons. The van der Waals surface area contributed by atoms with Crippen LogP contribution in [-0.4, -0.2) is 24.5 Å². The summed E-state index contributed by atoms with van der Waals surface area (Å²) in [5, 5.41) is 4.12. The molecule has 2 aromatic carbocycles. The van der Waals surface area contributed by atoms with Crippen LogP contribution in [0.15, 0.2) is 54.7 Å². The Labute approximate surface area is 135 Å². The molecule has 0 saturated heterocycles. The number of para-hydroxylation sites is 1. The maximum atomic E-state index is 11.4. The molecular formula is C19H20N2O2. The van der Waals surface area contributed by atoms with E-state index >= 15 is 0 Å². The van der Waals surface area contributed by atoms with Crippen molar-refractivity contribution >= 4 is 16.8 Å². The van der Waals surface area contributed by atoms with Gasteiger partial charge >= 0.3 is 0 Å². The van der Waals surface area contributed by atoms with Crippen molar-refractivity contribution in [1.29, 1.82) is 0 Å². The zero-order valence-corrected chi connectivity index (χ0v) is 13.3. The van der Waals surface area contributed by atoms with Crippen molar-refractivity contribution in [2.75, 3.05) is 13.7 Å². The molecule has 0 bridgehead atoms. The van der Waals surface area contributed by atoms with Crippen molar-refractivity contribution in [3.05, 3.63) is 65.9 Å². The third kappa shape index (κ3) is 3.21. The molecule has 4 heteroatoms. The zero-order chi connectivity index (χ0) is 16.2. The second-order valence-electron chi connectivity index (χ2n) is 5.55. The number of carbonyl (C=O) groups excluding carboxylic acids is 1. The van der Waals surface area contributed by atoms with Crippen LogP contribution in [0.25, 0.3) is 10.9 Å². The molecule has 4 nitrogen and oxygen atoms in total. The molecular weight excluding hydrogens is 288 g/mol. The van der Waals surface area contributed by atoms with Crippen molar-refractivity contribution in [2.24, 2.45) is 0 Å². The van der Waals surface area contributed by atoms with Crippen molar-refractivity contribution in [3.63, 3.8) is 0 Å². The lowest BCUT2D eigenvalue weighted by molar-refractivity contribution is -0.118. The van der Waals surface area contributed by atoms with Gasteiger partial charge in [-0.05, 0) is 29.3 Å². The Morgan fingerprint density at radius 3 is 2.61 bits per heavy atom. The molecule has 0 unspecified atom stereocenters. The number of methoxy groups -OCH3 is 1. The highest BCUT2D eigenvalue weighted by molar-refractivity contribution is 5.84. The van der Waals surface area contributed by atoms with Crippen LogP contribution in [0.5, 0.6) is 5.75 Å². The smallest absolute Gasteiger partial charge is 0.216 e. The van der Waals surface area contributed by atoms with E-state index in [-0.39, 0.29) is 11.8 Å². The van der Waals surface area contributed by atoms with Gasteiger partial charge < -0.3 is 15.0 Å². The molecule has 0 aliphatic carbocycles. The third-order valence-corrected chi connectivity index (χ3v) is 4.07. The summed E-state index contributed by atoms with van der Waals surface area (Å²) in [5.41, 5.74) is 3.42. The maximum absolute atomic E-state index is 11.4. The first-order valence-electron chi connectivity index (χ1n) is 7.63. The summed E-state index contributed by atoms with van der Waals surface area (Å²) >= 11 is 0. The van der Waals surface area contributed by atoms with Gasteiger partial charge in [-0.1, -0.05) is 30.3 Å². The van der Waals surface area contributed by atoms with Gasteiger partial charge in [-0.15, -0.1) is 0 Å². The Morgan fingerprint density at radius 2 is 1.91 bits per heavy atom. The van der Waals surface area contributed by atoms with Gasteiger partial charge in [-0.2, -0.15) is 0 Å². The topological polar surface area (TPSA) is 54.1 Å². The van der Waals surface area contributed by atoms with Crippen molar-refractivity contribution in [2.45, 2.75) is 12.8 Å². The zero-order valence-electron chi connectivity index (χ0n) is 13.3. The Kier molecular flexibility index (Phi) is 4.33. The minimum atomic E-state index is -0.0247. The predicted molar refractivity (Wildman–Crippen MR) is 91.8 cm³/mol. The van der Waals surface area contributed by atoms with E-state index < -0.39 is 0 Å². The second kappa shape index (κ2) is 6.57. The number of rotatable bonds is 5. The Balaban J connectivity index is 2.02. The van der Waals surface area contributed by atoms with Gasteiger partial charge in [0.2, 0.25) is 5.91 Å². The normalized spacial score (nSPS) is 12.1. The van der Waals surface area contributed by atoms with Crippen LogP contribution in [0.3, 0.4) is 0 Å². The largest absolute Gasteiger partial charge is 0.497 e. The highest BCUT2D eigenvalue weighted by Crippen LogP contribution is 2.31. The van der Waals surface area contributed by atoms with E-state index in [1.807, 2.05) is 42.6 Å². The number of amides is 1. The van der Waals surface area contributed by atoms with Crippen molar-refractivity contribution in [1.82, 2.24) is 10.3 Å². The lowest BCUT2D eigenvalue weighted by atomic mass is 9.91. The number of hydrogen-bond donors (Lipinski definition) is 2. The Morgan fingerprint density at radius 1 is 1.17 bits per heavy atom. The molecule has 0 spiro atoms. The van der Waals surface area contributed by atoms with Gasteiger partial charge in [-0.3, -0.25) is 4.79 Å². The van der Waals surface area contributed by atoms with Crippen LogP contribution in [0.2, 0.25) is 0 Å². The Bertz CT molecular complexity index is 806. The first kappa shape index (κ1) is 15.2. The predicted octanol–water partition coefficient (Wildman–Crippen LogP) is 3.44. The van der Waals surface area contributed by atoms with Gasteiger partial charge in [0, 0.05) is 36.5 Å². The summed E-state index contributed by atoms with van der Waals surface area (Å²) in [6.45, 7) is 2.10. The van der Waals surface area contributed by atoms with E-state index in [9.17, 15) is 4.79 Å². The molecule has 1 aromatic heterocycles. The summed E-state index contributed by atoms with van der Waals surface area (Å²) in [6.07, 6.45) is 2.03. The fourth-order valence-electron chi connectivity index (χ4n) is 2.87. The van der Waals surface area contributed by atoms with Gasteiger partial charge in [-0.25, -0.2) is 0 Å². The van der Waals surface area contributed by atoms with Crippen LogP contribution < -0.4 is 10.1 Å². The summed E-state index contributed by atoms with van der Waals surface area (Å²) in [5.74, 6) is 0.885. The van der Waals surface area contributed by atoms with Gasteiger partial charge in [0.05, 0.1) is 7.11 Å². The lowest BCUT2D eigenvalue weighted by Crippen LogP contribution is -2.26. The molecule has 1 heterocycles. The molecule has 3 aromatic rings. The molecule has 23 heavy (non-hydrogen) atoms. The Hall–Kier alpha value is -2.75. The SMILES string of the molecule is COc1ccc([C@@H](CNC(C)=O)c2c[nH]c3ccccc23)cc1. The first-order chi connectivity index (χ1) is 11.2. The van der Waals surface area contributed by atoms with E-state index in [4.69, 9.17) is 4.74 Å². The summed E-state index contributed by atoms with van der Waals surface area (Å²) < 4.78 is 5.23. The number of carbonyl (C=O) groups is 1. The number of benzene rings is 2. The van der Waals surface area contributed by atoms with E-state index in [1.165, 1.54) is 10.9 Å². The molecule has 1 atom stereocenters. The lowest BCUT2D eigenvalue weighted by Gasteiger charge is -2.18. The minimum absolute atomic E-state index is 0.0247. The first-order valence-corrected chi connectivity index (χ1v) is 7.63. The average Bonchev–Trinajstić information content (AvgIpc) is 2.99.